The average Bonchev–Trinajstić information content (AvgIpc) is 2.16. The van der Waals surface area contributed by atoms with Gasteiger partial charge in [-0.25, -0.2) is 0 Å². The van der Waals surface area contributed by atoms with Crippen LogP contribution in [0, 0.1) is 0 Å². The molecule has 0 heterocycles. The molecule has 0 bridgehead atoms. The molecule has 88 valence electrons. The Hall–Kier alpha value is -1.49. The van der Waals surface area contributed by atoms with E-state index in [0.29, 0.717) is 18.5 Å². The monoisotopic (exact) mass is 230 g/mol. The molecule has 0 spiro atoms. The van der Waals surface area contributed by atoms with Gasteiger partial charge >= 0.3 is 6.18 Å². The van der Waals surface area contributed by atoms with Gasteiger partial charge in [0.15, 0.2) is 0 Å². The minimum atomic E-state index is -4.37. The number of anilines is 1. The highest BCUT2D eigenvalue weighted by atomic mass is 19.4. The average molecular weight is 230 g/mol. The first-order valence-corrected chi connectivity index (χ1v) is 4.78. The van der Waals surface area contributed by atoms with Gasteiger partial charge in [0.2, 0.25) is 0 Å². The molecular weight excluding hydrogens is 217 g/mol. The van der Waals surface area contributed by atoms with Gasteiger partial charge in [0.25, 0.3) is 0 Å². The predicted molar refractivity (Wildman–Crippen MR) is 58.6 cm³/mol. The largest absolute Gasteiger partial charge is 0.416 e. The van der Waals surface area contributed by atoms with E-state index in [-0.39, 0.29) is 5.69 Å². The quantitative estimate of drug-likeness (QED) is 0.784. The highest BCUT2D eigenvalue weighted by Gasteiger charge is 2.30. The smallest absolute Gasteiger partial charge is 0.399 e. The standard InChI is InChI=1S/C11H13F3N2/c12-11(13,14)9-5-8(3-1-2-4-15)6-10(16)7-9/h1,3,5-7H,2,4,15-16H2. The van der Waals surface area contributed by atoms with E-state index in [1.54, 1.807) is 12.2 Å². The van der Waals surface area contributed by atoms with Crippen molar-refractivity contribution in [2.45, 2.75) is 12.6 Å². The van der Waals surface area contributed by atoms with Crippen molar-refractivity contribution in [1.29, 1.82) is 0 Å². The lowest BCUT2D eigenvalue weighted by Gasteiger charge is -2.08. The fourth-order valence-electron chi connectivity index (χ4n) is 1.25. The van der Waals surface area contributed by atoms with Gasteiger partial charge in [-0.3, -0.25) is 0 Å². The summed E-state index contributed by atoms with van der Waals surface area (Å²) in [5.41, 5.74) is 10.5. The van der Waals surface area contributed by atoms with E-state index < -0.39 is 11.7 Å². The molecule has 4 N–H and O–H groups in total. The molecule has 0 aliphatic heterocycles. The highest BCUT2D eigenvalue weighted by Crippen LogP contribution is 2.31. The molecule has 0 aromatic heterocycles. The summed E-state index contributed by atoms with van der Waals surface area (Å²) in [6.45, 7) is 0.463. The van der Waals surface area contributed by atoms with Gasteiger partial charge in [-0.15, -0.1) is 0 Å². The number of halogens is 3. The van der Waals surface area contributed by atoms with Crippen molar-refractivity contribution in [2.24, 2.45) is 5.73 Å². The molecule has 0 aliphatic rings. The second-order valence-electron chi connectivity index (χ2n) is 3.37. The Kier molecular flexibility index (Phi) is 3.95. The Bertz CT molecular complexity index is 383. The van der Waals surface area contributed by atoms with Crippen LogP contribution in [0.5, 0.6) is 0 Å². The second kappa shape index (κ2) is 5.03. The molecule has 0 fully saturated rings. The Labute approximate surface area is 91.7 Å². The van der Waals surface area contributed by atoms with Crippen molar-refractivity contribution in [2.75, 3.05) is 12.3 Å². The molecule has 0 amide bonds. The number of nitrogen functional groups attached to an aromatic ring is 1. The third kappa shape index (κ3) is 3.58. The van der Waals surface area contributed by atoms with Gasteiger partial charge < -0.3 is 11.5 Å². The molecule has 1 rings (SSSR count). The number of benzene rings is 1. The summed E-state index contributed by atoms with van der Waals surface area (Å²) >= 11 is 0. The van der Waals surface area contributed by atoms with Crippen molar-refractivity contribution >= 4 is 11.8 Å². The maximum Gasteiger partial charge on any atom is 0.416 e. The normalized spacial score (nSPS) is 12.2. The van der Waals surface area contributed by atoms with Crippen LogP contribution in [0.1, 0.15) is 17.5 Å². The van der Waals surface area contributed by atoms with E-state index in [9.17, 15) is 13.2 Å². The summed E-state index contributed by atoms with van der Waals surface area (Å²) in [6, 6.07) is 3.46. The molecule has 0 saturated heterocycles. The van der Waals surface area contributed by atoms with E-state index in [2.05, 4.69) is 0 Å². The molecule has 0 atom stereocenters. The molecule has 5 heteroatoms. The molecule has 1 aromatic rings. The van der Waals surface area contributed by atoms with Crippen LogP contribution < -0.4 is 11.5 Å². The Morgan fingerprint density at radius 3 is 2.44 bits per heavy atom. The van der Waals surface area contributed by atoms with Crippen LogP contribution >= 0.6 is 0 Å². The van der Waals surface area contributed by atoms with Crippen molar-refractivity contribution in [3.05, 3.63) is 35.4 Å². The van der Waals surface area contributed by atoms with E-state index in [1.165, 1.54) is 6.07 Å². The minimum Gasteiger partial charge on any atom is -0.399 e. The Morgan fingerprint density at radius 2 is 1.88 bits per heavy atom. The van der Waals surface area contributed by atoms with Gasteiger partial charge in [-0.1, -0.05) is 12.2 Å². The van der Waals surface area contributed by atoms with Crippen LogP contribution in [0.25, 0.3) is 6.08 Å². The van der Waals surface area contributed by atoms with Crippen LogP contribution in [0.3, 0.4) is 0 Å². The summed E-state index contributed by atoms with van der Waals surface area (Å²) in [4.78, 5) is 0. The zero-order chi connectivity index (χ0) is 12.2. The van der Waals surface area contributed by atoms with Gasteiger partial charge in [0, 0.05) is 5.69 Å². The van der Waals surface area contributed by atoms with Crippen molar-refractivity contribution < 1.29 is 13.2 Å². The van der Waals surface area contributed by atoms with Crippen molar-refractivity contribution in [1.82, 2.24) is 0 Å². The van der Waals surface area contributed by atoms with Crippen LogP contribution in [-0.4, -0.2) is 6.54 Å². The summed E-state index contributed by atoms with van der Waals surface area (Å²) in [5, 5.41) is 0. The lowest BCUT2D eigenvalue weighted by atomic mass is 10.1. The first-order chi connectivity index (χ1) is 7.43. The number of hydrogen-bond acceptors (Lipinski definition) is 2. The number of nitrogens with two attached hydrogens (primary N) is 2. The minimum absolute atomic E-state index is 0.0993. The van der Waals surface area contributed by atoms with Crippen molar-refractivity contribution in [3.63, 3.8) is 0 Å². The lowest BCUT2D eigenvalue weighted by Crippen LogP contribution is -2.06. The first-order valence-electron chi connectivity index (χ1n) is 4.78. The van der Waals surface area contributed by atoms with Gasteiger partial charge in [-0.05, 0) is 36.7 Å². The maximum atomic E-state index is 12.4. The summed E-state index contributed by atoms with van der Waals surface area (Å²) in [7, 11) is 0. The molecule has 0 unspecified atom stereocenters. The molecule has 1 aromatic carbocycles. The number of hydrogen-bond donors (Lipinski definition) is 2. The fraction of sp³-hybridized carbons (Fsp3) is 0.273. The van der Waals surface area contributed by atoms with Crippen LogP contribution in [0.4, 0.5) is 18.9 Å². The zero-order valence-electron chi connectivity index (χ0n) is 8.59. The van der Waals surface area contributed by atoms with E-state index in [4.69, 9.17) is 11.5 Å². The number of alkyl halides is 3. The van der Waals surface area contributed by atoms with E-state index in [1.807, 2.05) is 0 Å². The SMILES string of the molecule is NCCC=Cc1cc(N)cc(C(F)(F)F)c1. The van der Waals surface area contributed by atoms with Gasteiger partial charge in [0.05, 0.1) is 5.56 Å². The van der Waals surface area contributed by atoms with E-state index in [0.717, 1.165) is 12.1 Å². The zero-order valence-corrected chi connectivity index (χ0v) is 8.59. The van der Waals surface area contributed by atoms with Crippen molar-refractivity contribution in [3.8, 4) is 0 Å². The molecule has 2 nitrogen and oxygen atoms in total. The summed E-state index contributed by atoms with van der Waals surface area (Å²) < 4.78 is 37.3. The third-order valence-electron chi connectivity index (χ3n) is 1.95. The topological polar surface area (TPSA) is 52.0 Å². The Morgan fingerprint density at radius 1 is 1.19 bits per heavy atom. The molecule has 16 heavy (non-hydrogen) atoms. The third-order valence-corrected chi connectivity index (χ3v) is 1.95. The molecular formula is C11H13F3N2. The van der Waals surface area contributed by atoms with Crippen LogP contribution in [0.15, 0.2) is 24.3 Å². The van der Waals surface area contributed by atoms with Crippen LogP contribution in [-0.2, 0) is 6.18 Å². The van der Waals surface area contributed by atoms with Gasteiger partial charge in [0.1, 0.15) is 0 Å². The molecule has 0 aliphatic carbocycles. The first kappa shape index (κ1) is 12.6. The highest BCUT2D eigenvalue weighted by molar-refractivity contribution is 5.58. The van der Waals surface area contributed by atoms with E-state index >= 15 is 0 Å². The summed E-state index contributed by atoms with van der Waals surface area (Å²) in [6.07, 6.45) is -0.449. The second-order valence-corrected chi connectivity index (χ2v) is 3.37. The Balaban J connectivity index is 2.99. The predicted octanol–water partition coefficient (Wildman–Crippen LogP) is 2.65. The molecule has 0 radical (unpaired) electrons. The lowest BCUT2D eigenvalue weighted by molar-refractivity contribution is -0.137. The van der Waals surface area contributed by atoms with Crippen LogP contribution in [0.2, 0.25) is 0 Å². The van der Waals surface area contributed by atoms with Gasteiger partial charge in [-0.2, -0.15) is 13.2 Å². The maximum absolute atomic E-state index is 12.4. The summed E-state index contributed by atoms with van der Waals surface area (Å²) in [5.74, 6) is 0. The molecule has 0 saturated carbocycles. The fourth-order valence-corrected chi connectivity index (χ4v) is 1.25. The number of rotatable bonds is 3.